The number of carbonyl (C=O) groups is 3. The zero-order chi connectivity index (χ0) is 61.5. The molecule has 0 aliphatic rings. The zero-order valence-electron chi connectivity index (χ0n) is 37.9. The highest BCUT2D eigenvalue weighted by atomic mass is 32.2. The number of carbonyl (C=O) groups excluding carboxylic acids is 3. The lowest BCUT2D eigenvalue weighted by molar-refractivity contribution is 0.110. The van der Waals surface area contributed by atoms with Crippen molar-refractivity contribution in [1.29, 1.82) is 0 Å². The average Bonchev–Trinajstić information content (AvgIpc) is 4.26. The van der Waals surface area contributed by atoms with E-state index in [2.05, 4.69) is 43.7 Å². The van der Waals surface area contributed by atoms with Crippen molar-refractivity contribution < 1.29 is 107 Å². The van der Waals surface area contributed by atoms with Gasteiger partial charge in [0.15, 0.2) is 160 Å². The van der Waals surface area contributed by atoms with E-state index in [-0.39, 0.29) is 64.4 Å². The summed E-state index contributed by atoms with van der Waals surface area (Å²) in [4.78, 5) is 26.5. The molecule has 0 unspecified atom stereocenters. The number of hydrogen-bond acceptors (Lipinski definition) is 16. The molecule has 3 heterocycles. The van der Waals surface area contributed by atoms with Crippen LogP contribution in [0.5, 0.6) is 0 Å². The number of H-pyrrole nitrogens is 2. The summed E-state index contributed by atoms with van der Waals surface area (Å²) in [7, 11) is 0. The Morgan fingerprint density at radius 2 is 0.488 bits per heavy atom. The molecule has 0 amide bonds. The minimum Gasteiger partial charge on any atom is -0.298 e. The Morgan fingerprint density at radius 3 is 0.659 bits per heavy atom. The van der Waals surface area contributed by atoms with Crippen molar-refractivity contribution in [3.8, 4) is 0 Å². The number of benzene rings is 5. The van der Waals surface area contributed by atoms with Gasteiger partial charge >= 0.3 is 0 Å². The van der Waals surface area contributed by atoms with Gasteiger partial charge < -0.3 is 0 Å². The number of aromatic amines is 2. The van der Waals surface area contributed by atoms with E-state index in [1.54, 1.807) is 0 Å². The lowest BCUT2D eigenvalue weighted by Crippen LogP contribution is -2.05. The first-order valence-electron chi connectivity index (χ1n) is 19.7. The first-order valence-corrected chi connectivity index (χ1v) is 26.3. The maximum absolute atomic E-state index is 14.1. The molecule has 0 radical (unpaired) electrons. The van der Waals surface area contributed by atoms with E-state index >= 15 is 0 Å². The second-order valence-corrected chi connectivity index (χ2v) is 23.1. The van der Waals surface area contributed by atoms with Crippen LogP contribution in [0.4, 0.5) is 92.2 Å². The molecule has 3 aromatic heterocycles. The van der Waals surface area contributed by atoms with E-state index in [0.29, 0.717) is 42.7 Å². The number of aldehydes is 3. The van der Waals surface area contributed by atoms with E-state index in [0.717, 1.165) is 0 Å². The fourth-order valence-electron chi connectivity index (χ4n) is 5.31. The quantitative estimate of drug-likeness (QED) is 0.0373. The standard InChI is InChI=1S/C18H6F8N2S3.C16H2F8N2O2S3.C7HF5O.C2H2N2S3/c1-3-5-7(19)11(23)15(12(24)8(5)20)29-17-27-28-18(31-17)30-16-13(25)9(21)6(4-2)10(22)14(16)26;17-5-3(1-27)6(18)10(22)13(9(5)21)29-15-25-26-16(31-15)30-14-11(23)7(19)4(2-28)8(20)12(14)24;8-3-2(1-13)4(9)6(11)7(12)5(3)10;5-1-3-4-2(6)7-1/h3-4H,1-2H2;1-2H;1H;(H,3,5)(H,4,6). The van der Waals surface area contributed by atoms with Gasteiger partial charge in [-0.05, 0) is 24.4 Å². The van der Waals surface area contributed by atoms with Crippen molar-refractivity contribution in [3.63, 3.8) is 0 Å². The Kier molecular flexibility index (Phi) is 22.9. The fraction of sp³-hybridized carbons (Fsp3) is 0. The van der Waals surface area contributed by atoms with Gasteiger partial charge in [-0.2, -0.15) is 0 Å². The molecule has 0 atom stereocenters. The molecule has 0 spiro atoms. The molecular formula is C43H11F21N6O3S9. The van der Waals surface area contributed by atoms with E-state index in [1.807, 2.05) is 0 Å². The number of halogens is 21. The third kappa shape index (κ3) is 14.0. The summed E-state index contributed by atoms with van der Waals surface area (Å²) >= 11 is 12.1. The second-order valence-electron chi connectivity index (χ2n) is 13.7. The van der Waals surface area contributed by atoms with Crippen molar-refractivity contribution in [3.05, 3.63) is 171 Å². The topological polar surface area (TPSA) is 134 Å². The molecule has 432 valence electrons. The Balaban J connectivity index is 0.000000226. The van der Waals surface area contributed by atoms with Crippen LogP contribution in [0.2, 0.25) is 0 Å². The van der Waals surface area contributed by atoms with Crippen LogP contribution >= 0.6 is 105 Å². The maximum atomic E-state index is 14.1. The Labute approximate surface area is 478 Å². The molecule has 5 aromatic carbocycles. The van der Waals surface area contributed by atoms with E-state index in [4.69, 9.17) is 24.4 Å². The summed E-state index contributed by atoms with van der Waals surface area (Å²) in [6.07, 6.45) is -0.0609. The minimum atomic E-state index is -2.28. The molecule has 0 saturated carbocycles. The van der Waals surface area contributed by atoms with Crippen LogP contribution in [0.15, 0.2) is 50.1 Å². The number of nitrogens with one attached hydrogen (secondary N) is 2. The molecule has 82 heavy (non-hydrogen) atoms. The van der Waals surface area contributed by atoms with Crippen LogP contribution in [-0.2, 0) is 0 Å². The Morgan fingerprint density at radius 1 is 0.305 bits per heavy atom. The minimum absolute atomic E-state index is 0.0442. The maximum Gasteiger partial charge on any atom is 0.200 e. The molecular weight excluding hydrogens is 1340 g/mol. The van der Waals surface area contributed by atoms with Crippen LogP contribution in [0.25, 0.3) is 12.2 Å². The highest BCUT2D eigenvalue weighted by Gasteiger charge is 2.31. The molecule has 0 fully saturated rings. The smallest absolute Gasteiger partial charge is 0.200 e. The number of aromatic nitrogens is 6. The van der Waals surface area contributed by atoms with Crippen molar-refractivity contribution in [2.75, 3.05) is 0 Å². The van der Waals surface area contributed by atoms with Crippen molar-refractivity contribution in [2.45, 2.75) is 36.9 Å². The van der Waals surface area contributed by atoms with Gasteiger partial charge in [0.25, 0.3) is 0 Å². The monoisotopic (exact) mass is 1350 g/mol. The van der Waals surface area contributed by atoms with E-state index in [9.17, 15) is 107 Å². The summed E-state index contributed by atoms with van der Waals surface area (Å²) < 4.78 is 284. The number of rotatable bonds is 13. The molecule has 8 rings (SSSR count). The van der Waals surface area contributed by atoms with E-state index < -0.39 is 188 Å². The van der Waals surface area contributed by atoms with E-state index in [1.165, 1.54) is 11.3 Å². The van der Waals surface area contributed by atoms with Gasteiger partial charge in [0.05, 0.1) is 47.4 Å². The van der Waals surface area contributed by atoms with Crippen LogP contribution in [0.1, 0.15) is 42.2 Å². The molecule has 0 bridgehead atoms. The first-order chi connectivity index (χ1) is 38.5. The molecule has 0 aliphatic carbocycles. The van der Waals surface area contributed by atoms with Crippen LogP contribution in [0.3, 0.4) is 0 Å². The predicted octanol–water partition coefficient (Wildman–Crippen LogP) is 16.9. The van der Waals surface area contributed by atoms with Gasteiger partial charge in [0.1, 0.15) is 0 Å². The van der Waals surface area contributed by atoms with Crippen molar-refractivity contribution in [2.24, 2.45) is 0 Å². The molecule has 2 N–H and O–H groups in total. The van der Waals surface area contributed by atoms with Crippen molar-refractivity contribution >= 4 is 137 Å². The van der Waals surface area contributed by atoms with Crippen LogP contribution < -0.4 is 0 Å². The lowest BCUT2D eigenvalue weighted by atomic mass is 10.2. The highest BCUT2D eigenvalue weighted by Crippen LogP contribution is 2.44. The molecule has 0 aliphatic heterocycles. The van der Waals surface area contributed by atoms with Crippen molar-refractivity contribution in [1.82, 2.24) is 30.6 Å². The van der Waals surface area contributed by atoms with Gasteiger partial charge in [-0.15, -0.1) is 20.4 Å². The normalized spacial score (nSPS) is 10.8. The largest absolute Gasteiger partial charge is 0.298 e. The third-order valence-electron chi connectivity index (χ3n) is 9.02. The summed E-state index contributed by atoms with van der Waals surface area (Å²) in [5.74, 6) is -39.6. The van der Waals surface area contributed by atoms with Gasteiger partial charge in [0, 0.05) is 0 Å². The highest BCUT2D eigenvalue weighted by molar-refractivity contribution is 8.03. The predicted molar refractivity (Wildman–Crippen MR) is 259 cm³/mol. The lowest BCUT2D eigenvalue weighted by Gasteiger charge is -2.08. The zero-order valence-corrected chi connectivity index (χ0v) is 45.3. The SMILES string of the molecule is C=Cc1c(F)c(F)c(Sc2nnc(Sc3c(F)c(F)c(C=C)c(F)c3F)s2)c(F)c1F.O=Cc1c(F)c(F)c(F)c(F)c1F.O=Cc1c(F)c(F)c(Sc2nnc(Sc3c(F)c(F)c(C=O)c(F)c3F)s2)c(F)c1F.S=c1[nH][nH]c(=S)s1. The molecule has 9 nitrogen and oxygen atoms in total. The van der Waals surface area contributed by atoms with Crippen LogP contribution in [-0.4, -0.2) is 49.5 Å². The summed E-state index contributed by atoms with van der Waals surface area (Å²) in [5, 5.41) is 19.1. The molecule has 39 heteroatoms. The average molecular weight is 1350 g/mol. The van der Waals surface area contributed by atoms with Gasteiger partial charge in [-0.25, -0.2) is 92.2 Å². The van der Waals surface area contributed by atoms with Gasteiger partial charge in [-0.1, -0.05) is 106 Å². The van der Waals surface area contributed by atoms with Gasteiger partial charge in [0.2, 0.25) is 5.82 Å². The second kappa shape index (κ2) is 28.3. The summed E-state index contributed by atoms with van der Waals surface area (Å²) in [5.41, 5.74) is -6.36. The Hall–Kier alpha value is -6.36. The summed E-state index contributed by atoms with van der Waals surface area (Å²) in [6.45, 7) is 6.13. The summed E-state index contributed by atoms with van der Waals surface area (Å²) in [6, 6.07) is 0. The van der Waals surface area contributed by atoms with Gasteiger partial charge in [-0.3, -0.25) is 24.6 Å². The molecule has 0 saturated heterocycles. The third-order valence-corrected chi connectivity index (χ3v) is 16.6. The van der Waals surface area contributed by atoms with Crippen LogP contribution in [0, 0.1) is 130 Å². The Bertz CT molecular complexity index is 3460. The fourth-order valence-corrected chi connectivity index (χ4v) is 12.5. The molecule has 8 aromatic rings. The first kappa shape index (κ1) is 66.4. The number of nitrogens with zero attached hydrogens (tertiary/aromatic N) is 4. The number of hydrogen-bond donors (Lipinski definition) is 2.